The molecule has 1 aromatic rings. The zero-order valence-corrected chi connectivity index (χ0v) is 8.41. The summed E-state index contributed by atoms with van der Waals surface area (Å²) in [7, 11) is 1.99. The summed E-state index contributed by atoms with van der Waals surface area (Å²) >= 11 is 0. The molecule has 13 heavy (non-hydrogen) atoms. The van der Waals surface area contributed by atoms with Gasteiger partial charge in [0.05, 0.1) is 0 Å². The molecule has 0 aliphatic carbocycles. The van der Waals surface area contributed by atoms with E-state index < -0.39 is 0 Å². The van der Waals surface area contributed by atoms with E-state index in [-0.39, 0.29) is 0 Å². The first-order valence-electron chi connectivity index (χ1n) is 4.36. The van der Waals surface area contributed by atoms with E-state index in [9.17, 15) is 0 Å². The van der Waals surface area contributed by atoms with E-state index >= 15 is 0 Å². The van der Waals surface area contributed by atoms with E-state index in [1.807, 2.05) is 25.8 Å². The van der Waals surface area contributed by atoms with Crippen LogP contribution in [0, 0.1) is 13.8 Å². The summed E-state index contributed by atoms with van der Waals surface area (Å²) in [6.45, 7) is 5.46. The molecular weight excluding hydrogens is 164 g/mol. The molecule has 0 aliphatic rings. The number of hydrogen-bond donors (Lipinski definition) is 1. The van der Waals surface area contributed by atoms with Gasteiger partial charge in [0.25, 0.3) is 0 Å². The summed E-state index contributed by atoms with van der Waals surface area (Å²) in [6.07, 6.45) is 1.59. The van der Waals surface area contributed by atoms with Crippen LogP contribution in [-0.4, -0.2) is 30.1 Å². The summed E-state index contributed by atoms with van der Waals surface area (Å²) in [5.74, 6) is 0.970. The molecule has 0 aliphatic heterocycles. The maximum atomic E-state index is 5.47. The fraction of sp³-hybridized carbons (Fsp3) is 0.556. The molecule has 0 unspecified atom stereocenters. The monoisotopic (exact) mass is 180 g/mol. The second kappa shape index (κ2) is 4.18. The second-order valence-corrected chi connectivity index (χ2v) is 3.12. The minimum absolute atomic E-state index is 0.638. The van der Waals surface area contributed by atoms with Crippen molar-refractivity contribution in [3.8, 4) is 0 Å². The third-order valence-corrected chi connectivity index (χ3v) is 2.14. The Hall–Kier alpha value is -1.16. The number of hydrogen-bond acceptors (Lipinski definition) is 4. The molecule has 0 radical (unpaired) electrons. The standard InChI is InChI=1S/C9H16N4/c1-7-8(2)11-6-12-9(7)13(3)5-4-10/h6H,4-5,10H2,1-3H3. The largest absolute Gasteiger partial charge is 0.358 e. The summed E-state index contributed by atoms with van der Waals surface area (Å²) < 4.78 is 0. The molecule has 0 spiro atoms. The smallest absolute Gasteiger partial charge is 0.134 e. The molecule has 4 heteroatoms. The highest BCUT2D eigenvalue weighted by Gasteiger charge is 2.06. The number of aromatic nitrogens is 2. The minimum atomic E-state index is 0.638. The van der Waals surface area contributed by atoms with Gasteiger partial charge in [0.2, 0.25) is 0 Å². The molecule has 0 saturated carbocycles. The SMILES string of the molecule is Cc1ncnc(N(C)CCN)c1C. The van der Waals surface area contributed by atoms with Gasteiger partial charge >= 0.3 is 0 Å². The van der Waals surface area contributed by atoms with Crippen LogP contribution >= 0.6 is 0 Å². The lowest BCUT2D eigenvalue weighted by Gasteiger charge is -2.19. The number of nitrogens with zero attached hydrogens (tertiary/aromatic N) is 3. The maximum Gasteiger partial charge on any atom is 0.134 e. The molecule has 0 aromatic carbocycles. The Morgan fingerprint density at radius 1 is 1.38 bits per heavy atom. The molecule has 1 rings (SSSR count). The van der Waals surface area contributed by atoms with Crippen LogP contribution in [0.25, 0.3) is 0 Å². The predicted molar refractivity (Wildman–Crippen MR) is 53.8 cm³/mol. The average Bonchev–Trinajstić information content (AvgIpc) is 2.10. The van der Waals surface area contributed by atoms with Gasteiger partial charge in [-0.2, -0.15) is 0 Å². The van der Waals surface area contributed by atoms with Crippen molar-refractivity contribution in [2.24, 2.45) is 5.73 Å². The van der Waals surface area contributed by atoms with Crippen LogP contribution in [0.4, 0.5) is 5.82 Å². The van der Waals surface area contributed by atoms with E-state index in [2.05, 4.69) is 9.97 Å². The second-order valence-electron chi connectivity index (χ2n) is 3.12. The fourth-order valence-electron chi connectivity index (χ4n) is 1.21. The van der Waals surface area contributed by atoms with Gasteiger partial charge in [0, 0.05) is 31.4 Å². The lowest BCUT2D eigenvalue weighted by molar-refractivity contribution is 0.853. The van der Waals surface area contributed by atoms with E-state index in [4.69, 9.17) is 5.73 Å². The van der Waals surface area contributed by atoms with Crippen molar-refractivity contribution in [2.45, 2.75) is 13.8 Å². The summed E-state index contributed by atoms with van der Waals surface area (Å²) in [5.41, 5.74) is 7.62. The number of likely N-dealkylation sites (N-methyl/N-ethyl adjacent to an activating group) is 1. The van der Waals surface area contributed by atoms with E-state index in [1.54, 1.807) is 6.33 Å². The fourth-order valence-corrected chi connectivity index (χ4v) is 1.21. The molecule has 1 aromatic heterocycles. The number of rotatable bonds is 3. The molecule has 2 N–H and O–H groups in total. The summed E-state index contributed by atoms with van der Waals surface area (Å²) in [6, 6.07) is 0. The molecule has 4 nitrogen and oxygen atoms in total. The average molecular weight is 180 g/mol. The zero-order chi connectivity index (χ0) is 9.84. The van der Waals surface area contributed by atoms with Gasteiger partial charge in [0.1, 0.15) is 12.1 Å². The molecule has 0 amide bonds. The Labute approximate surface area is 78.8 Å². The van der Waals surface area contributed by atoms with E-state index in [1.165, 1.54) is 0 Å². The maximum absolute atomic E-state index is 5.47. The number of nitrogens with two attached hydrogens (primary N) is 1. The number of aryl methyl sites for hydroxylation is 1. The highest BCUT2D eigenvalue weighted by molar-refractivity contribution is 5.46. The molecule has 0 fully saturated rings. The van der Waals surface area contributed by atoms with Crippen LogP contribution in [0.2, 0.25) is 0 Å². The van der Waals surface area contributed by atoms with Crippen LogP contribution in [0.1, 0.15) is 11.3 Å². The normalized spacial score (nSPS) is 10.2. The number of anilines is 1. The Kier molecular flexibility index (Phi) is 3.19. The van der Waals surface area contributed by atoms with Crippen molar-refractivity contribution in [3.63, 3.8) is 0 Å². The molecular formula is C9H16N4. The van der Waals surface area contributed by atoms with Crippen molar-refractivity contribution < 1.29 is 0 Å². The van der Waals surface area contributed by atoms with Crippen LogP contribution in [-0.2, 0) is 0 Å². The molecule has 0 saturated heterocycles. The third kappa shape index (κ3) is 2.15. The van der Waals surface area contributed by atoms with Gasteiger partial charge in [0.15, 0.2) is 0 Å². The summed E-state index contributed by atoms with van der Waals surface area (Å²) in [5, 5.41) is 0. The highest BCUT2D eigenvalue weighted by atomic mass is 15.2. The van der Waals surface area contributed by atoms with Crippen LogP contribution in [0.5, 0.6) is 0 Å². The van der Waals surface area contributed by atoms with Crippen LogP contribution in [0.15, 0.2) is 6.33 Å². The molecule has 0 bridgehead atoms. The molecule has 1 heterocycles. The van der Waals surface area contributed by atoms with Crippen molar-refractivity contribution in [3.05, 3.63) is 17.6 Å². The van der Waals surface area contributed by atoms with Crippen LogP contribution < -0.4 is 10.6 Å². The van der Waals surface area contributed by atoms with E-state index in [0.717, 1.165) is 23.6 Å². The van der Waals surface area contributed by atoms with Gasteiger partial charge in [-0.25, -0.2) is 9.97 Å². The zero-order valence-electron chi connectivity index (χ0n) is 8.41. The van der Waals surface area contributed by atoms with E-state index in [0.29, 0.717) is 6.54 Å². The summed E-state index contributed by atoms with van der Waals surface area (Å²) in [4.78, 5) is 10.4. The molecule has 0 atom stereocenters. The van der Waals surface area contributed by atoms with Crippen molar-refractivity contribution >= 4 is 5.82 Å². The third-order valence-electron chi connectivity index (χ3n) is 2.14. The topological polar surface area (TPSA) is 55.0 Å². The first-order valence-corrected chi connectivity index (χ1v) is 4.36. The van der Waals surface area contributed by atoms with Gasteiger partial charge in [-0.1, -0.05) is 0 Å². The Morgan fingerprint density at radius 2 is 2.08 bits per heavy atom. The van der Waals surface area contributed by atoms with Gasteiger partial charge in [-0.05, 0) is 13.8 Å². The first-order chi connectivity index (χ1) is 6.16. The first kappa shape index (κ1) is 9.92. The van der Waals surface area contributed by atoms with Crippen molar-refractivity contribution in [1.29, 1.82) is 0 Å². The van der Waals surface area contributed by atoms with Crippen molar-refractivity contribution in [2.75, 3.05) is 25.0 Å². The van der Waals surface area contributed by atoms with Gasteiger partial charge in [-0.3, -0.25) is 0 Å². The lowest BCUT2D eigenvalue weighted by atomic mass is 10.2. The molecule has 72 valence electrons. The quantitative estimate of drug-likeness (QED) is 0.735. The Morgan fingerprint density at radius 3 is 2.69 bits per heavy atom. The minimum Gasteiger partial charge on any atom is -0.358 e. The van der Waals surface area contributed by atoms with Crippen LogP contribution in [0.3, 0.4) is 0 Å². The van der Waals surface area contributed by atoms with Gasteiger partial charge in [-0.15, -0.1) is 0 Å². The van der Waals surface area contributed by atoms with Crippen molar-refractivity contribution in [1.82, 2.24) is 9.97 Å². The predicted octanol–water partition coefficient (Wildman–Crippen LogP) is 0.488. The lowest BCUT2D eigenvalue weighted by Crippen LogP contribution is -2.26. The highest BCUT2D eigenvalue weighted by Crippen LogP contribution is 2.15. The van der Waals surface area contributed by atoms with Gasteiger partial charge < -0.3 is 10.6 Å². The Bertz CT molecular complexity index is 285. The Balaban J connectivity index is 2.93.